The Bertz CT molecular complexity index is 721. The second kappa shape index (κ2) is 6.41. The van der Waals surface area contributed by atoms with E-state index in [1.54, 1.807) is 0 Å². The average molecular weight is 356 g/mol. The molecule has 3 nitrogen and oxygen atoms in total. The standard InChI is InChI=1S/C18H18BrN3/c1-22-10-4-6-16(14-5-2-3-7-18(14)22)21-17-9-8-13(12-20)11-15(17)19/h2-3,5,7-9,11,16,21H,4,6,10H2,1H3. The van der Waals surface area contributed by atoms with Crippen LogP contribution in [0, 0.1) is 11.3 Å². The third-order valence-electron chi connectivity index (χ3n) is 4.14. The Labute approximate surface area is 139 Å². The van der Waals surface area contributed by atoms with E-state index >= 15 is 0 Å². The summed E-state index contributed by atoms with van der Waals surface area (Å²) in [5.74, 6) is 0. The lowest BCUT2D eigenvalue weighted by Gasteiger charge is -2.23. The van der Waals surface area contributed by atoms with E-state index in [1.165, 1.54) is 11.3 Å². The fourth-order valence-corrected chi connectivity index (χ4v) is 3.47. The first-order valence-corrected chi connectivity index (χ1v) is 8.24. The topological polar surface area (TPSA) is 39.1 Å². The van der Waals surface area contributed by atoms with Crippen LogP contribution in [0.15, 0.2) is 46.9 Å². The molecule has 22 heavy (non-hydrogen) atoms. The second-order valence-corrected chi connectivity index (χ2v) is 6.48. The van der Waals surface area contributed by atoms with Crippen LogP contribution in [0.2, 0.25) is 0 Å². The van der Waals surface area contributed by atoms with E-state index in [0.29, 0.717) is 5.56 Å². The summed E-state index contributed by atoms with van der Waals surface area (Å²) in [6.45, 7) is 1.07. The van der Waals surface area contributed by atoms with Crippen LogP contribution in [0.4, 0.5) is 11.4 Å². The van der Waals surface area contributed by atoms with Crippen molar-refractivity contribution in [1.29, 1.82) is 5.26 Å². The quantitative estimate of drug-likeness (QED) is 0.848. The van der Waals surface area contributed by atoms with Gasteiger partial charge in [0, 0.05) is 29.4 Å². The number of hydrogen-bond acceptors (Lipinski definition) is 3. The summed E-state index contributed by atoms with van der Waals surface area (Å²) in [4.78, 5) is 2.32. The van der Waals surface area contributed by atoms with Crippen LogP contribution in [-0.4, -0.2) is 13.6 Å². The maximum absolute atomic E-state index is 8.97. The molecule has 1 heterocycles. The molecule has 2 aromatic carbocycles. The maximum atomic E-state index is 8.97. The normalized spacial score (nSPS) is 17.3. The number of rotatable bonds is 2. The summed E-state index contributed by atoms with van der Waals surface area (Å²) >= 11 is 3.56. The van der Waals surface area contributed by atoms with Crippen LogP contribution >= 0.6 is 15.9 Å². The molecule has 0 amide bonds. The Morgan fingerprint density at radius 2 is 2.09 bits per heavy atom. The van der Waals surface area contributed by atoms with E-state index in [-0.39, 0.29) is 6.04 Å². The van der Waals surface area contributed by atoms with Crippen molar-refractivity contribution in [1.82, 2.24) is 0 Å². The Balaban J connectivity index is 1.92. The minimum atomic E-state index is 0.283. The molecule has 2 aromatic rings. The summed E-state index contributed by atoms with van der Waals surface area (Å²) in [6.07, 6.45) is 2.24. The number of nitrogens with zero attached hydrogens (tertiary/aromatic N) is 2. The van der Waals surface area contributed by atoms with Gasteiger partial charge in [-0.1, -0.05) is 18.2 Å². The molecule has 3 rings (SSSR count). The van der Waals surface area contributed by atoms with Gasteiger partial charge in [-0.25, -0.2) is 0 Å². The van der Waals surface area contributed by atoms with E-state index in [1.807, 2.05) is 18.2 Å². The second-order valence-electron chi connectivity index (χ2n) is 5.63. The van der Waals surface area contributed by atoms with Crippen molar-refractivity contribution in [2.75, 3.05) is 23.8 Å². The van der Waals surface area contributed by atoms with Gasteiger partial charge >= 0.3 is 0 Å². The van der Waals surface area contributed by atoms with Crippen molar-refractivity contribution in [3.63, 3.8) is 0 Å². The molecule has 4 heteroatoms. The highest BCUT2D eigenvalue weighted by molar-refractivity contribution is 9.10. The first-order chi connectivity index (χ1) is 10.7. The summed E-state index contributed by atoms with van der Waals surface area (Å²) < 4.78 is 0.932. The van der Waals surface area contributed by atoms with Gasteiger partial charge in [-0.15, -0.1) is 0 Å². The van der Waals surface area contributed by atoms with Crippen molar-refractivity contribution < 1.29 is 0 Å². The third-order valence-corrected chi connectivity index (χ3v) is 4.79. The van der Waals surface area contributed by atoms with E-state index in [9.17, 15) is 0 Å². The third kappa shape index (κ3) is 2.95. The van der Waals surface area contributed by atoms with E-state index in [4.69, 9.17) is 5.26 Å². The summed E-state index contributed by atoms with van der Waals surface area (Å²) in [5, 5.41) is 12.6. The molecule has 1 N–H and O–H groups in total. The molecule has 1 aliphatic rings. The monoisotopic (exact) mass is 355 g/mol. The van der Waals surface area contributed by atoms with Crippen LogP contribution in [-0.2, 0) is 0 Å². The van der Waals surface area contributed by atoms with Gasteiger partial charge in [0.2, 0.25) is 0 Å². The first-order valence-electron chi connectivity index (χ1n) is 7.45. The zero-order valence-corrected chi connectivity index (χ0v) is 14.1. The maximum Gasteiger partial charge on any atom is 0.0992 e. The van der Waals surface area contributed by atoms with Gasteiger partial charge in [0.25, 0.3) is 0 Å². The number of benzene rings is 2. The summed E-state index contributed by atoms with van der Waals surface area (Å²) in [6, 6.07) is 16.7. The smallest absolute Gasteiger partial charge is 0.0992 e. The van der Waals surface area contributed by atoms with Crippen molar-refractivity contribution in [2.45, 2.75) is 18.9 Å². The molecule has 112 valence electrons. The molecule has 0 spiro atoms. The SMILES string of the molecule is CN1CCCC(Nc2ccc(C#N)cc2Br)c2ccccc21. The fourth-order valence-electron chi connectivity index (χ4n) is 2.98. The highest BCUT2D eigenvalue weighted by Crippen LogP contribution is 2.36. The van der Waals surface area contributed by atoms with Crippen molar-refractivity contribution in [3.05, 3.63) is 58.1 Å². The van der Waals surface area contributed by atoms with Gasteiger partial charge < -0.3 is 10.2 Å². The Kier molecular flexibility index (Phi) is 4.35. The lowest BCUT2D eigenvalue weighted by atomic mass is 10.0. The molecule has 0 aliphatic carbocycles. The molecule has 0 bridgehead atoms. The molecule has 0 saturated carbocycles. The van der Waals surface area contributed by atoms with Crippen molar-refractivity contribution in [2.24, 2.45) is 0 Å². The summed E-state index contributed by atoms with van der Waals surface area (Å²) in [5.41, 5.74) is 4.32. The Morgan fingerprint density at radius 3 is 2.86 bits per heavy atom. The summed E-state index contributed by atoms with van der Waals surface area (Å²) in [7, 11) is 2.15. The zero-order chi connectivity index (χ0) is 15.5. The van der Waals surface area contributed by atoms with E-state index in [2.05, 4.69) is 63.5 Å². The number of hydrogen-bond donors (Lipinski definition) is 1. The van der Waals surface area contributed by atoms with Crippen LogP contribution < -0.4 is 10.2 Å². The highest BCUT2D eigenvalue weighted by Gasteiger charge is 2.21. The predicted octanol–water partition coefficient (Wildman–Crippen LogP) is 4.70. The van der Waals surface area contributed by atoms with Gasteiger partial charge in [0.1, 0.15) is 0 Å². The van der Waals surface area contributed by atoms with Gasteiger partial charge in [0.05, 0.1) is 17.7 Å². The van der Waals surface area contributed by atoms with E-state index in [0.717, 1.165) is 29.5 Å². The molecular formula is C18H18BrN3. The largest absolute Gasteiger partial charge is 0.377 e. The number of nitriles is 1. The van der Waals surface area contributed by atoms with Gasteiger partial charge in [-0.3, -0.25) is 0 Å². The highest BCUT2D eigenvalue weighted by atomic mass is 79.9. The van der Waals surface area contributed by atoms with Crippen molar-refractivity contribution >= 4 is 27.3 Å². The van der Waals surface area contributed by atoms with Gasteiger partial charge in [-0.2, -0.15) is 5.26 Å². The Hall–Kier alpha value is -1.99. The molecule has 0 aromatic heterocycles. The average Bonchev–Trinajstić information content (AvgIpc) is 2.69. The predicted molar refractivity (Wildman–Crippen MR) is 94.2 cm³/mol. The van der Waals surface area contributed by atoms with Crippen LogP contribution in [0.25, 0.3) is 0 Å². The number of nitrogens with one attached hydrogen (secondary N) is 1. The number of halogens is 1. The molecule has 1 unspecified atom stereocenters. The number of anilines is 2. The van der Waals surface area contributed by atoms with Crippen LogP contribution in [0.5, 0.6) is 0 Å². The Morgan fingerprint density at radius 1 is 1.27 bits per heavy atom. The van der Waals surface area contributed by atoms with Crippen LogP contribution in [0.1, 0.15) is 30.0 Å². The first kappa shape index (κ1) is 14.9. The molecule has 0 fully saturated rings. The molecule has 0 radical (unpaired) electrons. The molecule has 1 aliphatic heterocycles. The lowest BCUT2D eigenvalue weighted by Crippen LogP contribution is -2.17. The zero-order valence-electron chi connectivity index (χ0n) is 12.5. The lowest BCUT2D eigenvalue weighted by molar-refractivity contribution is 0.667. The van der Waals surface area contributed by atoms with Gasteiger partial charge in [-0.05, 0) is 58.6 Å². The fraction of sp³-hybridized carbons (Fsp3) is 0.278. The van der Waals surface area contributed by atoms with Gasteiger partial charge in [0.15, 0.2) is 0 Å². The number of para-hydroxylation sites is 1. The minimum Gasteiger partial charge on any atom is -0.377 e. The minimum absolute atomic E-state index is 0.283. The molecular weight excluding hydrogens is 338 g/mol. The molecule has 1 atom stereocenters. The number of fused-ring (bicyclic) bond motifs is 1. The van der Waals surface area contributed by atoms with Crippen molar-refractivity contribution in [3.8, 4) is 6.07 Å². The van der Waals surface area contributed by atoms with E-state index < -0.39 is 0 Å². The molecule has 0 saturated heterocycles. The van der Waals surface area contributed by atoms with Crippen LogP contribution in [0.3, 0.4) is 0 Å².